The largest absolute Gasteiger partial charge is 0.338 e. The maximum atomic E-state index is 12.6. The van der Waals surface area contributed by atoms with E-state index in [1.165, 1.54) is 37.7 Å². The molecule has 2 amide bonds. The van der Waals surface area contributed by atoms with E-state index < -0.39 is 0 Å². The van der Waals surface area contributed by atoms with Crippen molar-refractivity contribution < 1.29 is 4.79 Å². The van der Waals surface area contributed by atoms with Crippen molar-refractivity contribution in [3.63, 3.8) is 0 Å². The second kappa shape index (κ2) is 10.3. The van der Waals surface area contributed by atoms with Gasteiger partial charge in [-0.05, 0) is 44.8 Å². The molecule has 0 saturated heterocycles. The van der Waals surface area contributed by atoms with Crippen molar-refractivity contribution in [3.8, 4) is 0 Å². The second-order valence-electron chi connectivity index (χ2n) is 7.22. The minimum absolute atomic E-state index is 0.0957. The second-order valence-corrected chi connectivity index (χ2v) is 7.22. The lowest BCUT2D eigenvalue weighted by atomic mass is 9.89. The van der Waals surface area contributed by atoms with Gasteiger partial charge >= 0.3 is 6.03 Å². The number of carbonyl (C=O) groups excluding carboxylic acids is 1. The van der Waals surface area contributed by atoms with E-state index in [1.807, 2.05) is 23.1 Å². The summed E-state index contributed by atoms with van der Waals surface area (Å²) in [4.78, 5) is 16.8. The molecule has 0 unspecified atom stereocenters. The molecule has 1 aromatic carbocycles. The van der Waals surface area contributed by atoms with Gasteiger partial charge in [-0.25, -0.2) is 4.79 Å². The molecule has 134 valence electrons. The SMILES string of the molecule is CN(C)CCN(CC1CCCCC1)C(=O)NCCc1ccccc1. The number of amides is 2. The van der Waals surface area contributed by atoms with Crippen LogP contribution in [-0.2, 0) is 6.42 Å². The van der Waals surface area contributed by atoms with Gasteiger partial charge in [-0.15, -0.1) is 0 Å². The molecule has 1 aliphatic rings. The van der Waals surface area contributed by atoms with Gasteiger partial charge in [-0.1, -0.05) is 49.6 Å². The van der Waals surface area contributed by atoms with Crippen LogP contribution in [0.5, 0.6) is 0 Å². The van der Waals surface area contributed by atoms with Crippen molar-refractivity contribution in [3.05, 3.63) is 35.9 Å². The molecule has 1 aromatic rings. The first kappa shape index (κ1) is 18.8. The molecule has 1 aliphatic carbocycles. The van der Waals surface area contributed by atoms with Gasteiger partial charge in [0.05, 0.1) is 0 Å². The minimum atomic E-state index is 0.0957. The van der Waals surface area contributed by atoms with Crippen LogP contribution in [0.25, 0.3) is 0 Å². The van der Waals surface area contributed by atoms with E-state index >= 15 is 0 Å². The zero-order valence-corrected chi connectivity index (χ0v) is 15.3. The molecule has 0 radical (unpaired) electrons. The van der Waals surface area contributed by atoms with Crippen molar-refractivity contribution in [1.82, 2.24) is 15.1 Å². The Morgan fingerprint density at radius 2 is 1.79 bits per heavy atom. The van der Waals surface area contributed by atoms with Gasteiger partial charge in [0.2, 0.25) is 0 Å². The van der Waals surface area contributed by atoms with Crippen molar-refractivity contribution in [1.29, 1.82) is 0 Å². The van der Waals surface area contributed by atoms with Crippen molar-refractivity contribution in [2.75, 3.05) is 40.3 Å². The fourth-order valence-electron chi connectivity index (χ4n) is 3.35. The molecule has 4 heteroatoms. The van der Waals surface area contributed by atoms with E-state index in [9.17, 15) is 4.79 Å². The van der Waals surface area contributed by atoms with E-state index in [4.69, 9.17) is 0 Å². The summed E-state index contributed by atoms with van der Waals surface area (Å²) in [6, 6.07) is 10.4. The van der Waals surface area contributed by atoms with Crippen LogP contribution in [0.15, 0.2) is 30.3 Å². The summed E-state index contributed by atoms with van der Waals surface area (Å²) in [6.45, 7) is 3.33. The van der Waals surface area contributed by atoms with Crippen LogP contribution < -0.4 is 5.32 Å². The normalized spacial score (nSPS) is 15.5. The van der Waals surface area contributed by atoms with Gasteiger partial charge in [0, 0.05) is 26.2 Å². The molecule has 0 atom stereocenters. The molecule has 1 N–H and O–H groups in total. The molecule has 0 bridgehead atoms. The predicted octanol–water partition coefficient (Wildman–Crippen LogP) is 3.38. The third-order valence-electron chi connectivity index (χ3n) is 4.84. The Balaban J connectivity index is 1.80. The highest BCUT2D eigenvalue weighted by atomic mass is 16.2. The summed E-state index contributed by atoms with van der Waals surface area (Å²) >= 11 is 0. The van der Waals surface area contributed by atoms with Crippen LogP contribution in [0.4, 0.5) is 4.79 Å². The zero-order valence-electron chi connectivity index (χ0n) is 15.3. The number of rotatable bonds is 8. The average molecular weight is 332 g/mol. The summed E-state index contributed by atoms with van der Waals surface area (Å²) < 4.78 is 0. The number of hydrogen-bond donors (Lipinski definition) is 1. The van der Waals surface area contributed by atoms with Gasteiger partial charge in [-0.3, -0.25) is 0 Å². The molecule has 0 aromatic heterocycles. The highest BCUT2D eigenvalue weighted by Gasteiger charge is 2.20. The van der Waals surface area contributed by atoms with Crippen LogP contribution in [0, 0.1) is 5.92 Å². The molecule has 0 heterocycles. The zero-order chi connectivity index (χ0) is 17.2. The lowest BCUT2D eigenvalue weighted by molar-refractivity contribution is 0.172. The van der Waals surface area contributed by atoms with E-state index in [2.05, 4.69) is 36.4 Å². The summed E-state index contributed by atoms with van der Waals surface area (Å²) in [5.41, 5.74) is 1.27. The van der Waals surface area contributed by atoms with Crippen LogP contribution in [0.3, 0.4) is 0 Å². The number of likely N-dealkylation sites (N-methyl/N-ethyl adjacent to an activating group) is 1. The summed E-state index contributed by atoms with van der Waals surface area (Å²) in [7, 11) is 4.12. The quantitative estimate of drug-likeness (QED) is 0.792. The molecule has 1 saturated carbocycles. The highest BCUT2D eigenvalue weighted by Crippen LogP contribution is 2.24. The highest BCUT2D eigenvalue weighted by molar-refractivity contribution is 5.74. The fraction of sp³-hybridized carbons (Fsp3) is 0.650. The lowest BCUT2D eigenvalue weighted by Gasteiger charge is -2.30. The number of nitrogens with one attached hydrogen (secondary N) is 1. The molecule has 2 rings (SSSR count). The summed E-state index contributed by atoms with van der Waals surface area (Å²) in [6.07, 6.45) is 7.43. The van der Waals surface area contributed by atoms with E-state index in [1.54, 1.807) is 0 Å². The average Bonchev–Trinajstić information content (AvgIpc) is 2.60. The Morgan fingerprint density at radius 3 is 2.46 bits per heavy atom. The Hall–Kier alpha value is -1.55. The van der Waals surface area contributed by atoms with Crippen LogP contribution >= 0.6 is 0 Å². The summed E-state index contributed by atoms with van der Waals surface area (Å²) in [5, 5.41) is 3.11. The molecular weight excluding hydrogens is 298 g/mol. The van der Waals surface area contributed by atoms with Crippen molar-refractivity contribution >= 4 is 6.03 Å². The fourth-order valence-corrected chi connectivity index (χ4v) is 3.35. The minimum Gasteiger partial charge on any atom is -0.338 e. The van der Waals surface area contributed by atoms with Gasteiger partial charge in [0.25, 0.3) is 0 Å². The Labute approximate surface area is 147 Å². The Bertz CT molecular complexity index is 469. The molecular formula is C20H33N3O. The van der Waals surface area contributed by atoms with E-state index in [0.29, 0.717) is 12.5 Å². The van der Waals surface area contributed by atoms with Crippen molar-refractivity contribution in [2.45, 2.75) is 38.5 Å². The van der Waals surface area contributed by atoms with E-state index in [-0.39, 0.29) is 6.03 Å². The van der Waals surface area contributed by atoms with Gasteiger partial charge in [0.15, 0.2) is 0 Å². The molecule has 1 fully saturated rings. The van der Waals surface area contributed by atoms with Crippen LogP contribution in [0.2, 0.25) is 0 Å². The molecule has 0 aliphatic heterocycles. The molecule has 4 nitrogen and oxygen atoms in total. The van der Waals surface area contributed by atoms with Gasteiger partial charge < -0.3 is 15.1 Å². The van der Waals surface area contributed by atoms with Crippen LogP contribution in [-0.4, -0.2) is 56.1 Å². The van der Waals surface area contributed by atoms with Crippen molar-refractivity contribution in [2.24, 2.45) is 5.92 Å². The smallest absolute Gasteiger partial charge is 0.317 e. The van der Waals surface area contributed by atoms with E-state index in [0.717, 1.165) is 26.1 Å². The molecule has 0 spiro atoms. The first-order chi connectivity index (χ1) is 11.6. The van der Waals surface area contributed by atoms with Gasteiger partial charge in [0.1, 0.15) is 0 Å². The number of benzene rings is 1. The standard InChI is InChI=1S/C20H33N3O/c1-22(2)15-16-23(17-19-11-7-4-8-12-19)20(24)21-14-13-18-9-5-3-6-10-18/h3,5-6,9-10,19H,4,7-8,11-17H2,1-2H3,(H,21,24). The number of urea groups is 1. The third-order valence-corrected chi connectivity index (χ3v) is 4.84. The Kier molecular flexibility index (Phi) is 8.10. The van der Waals surface area contributed by atoms with Crippen LogP contribution in [0.1, 0.15) is 37.7 Å². The lowest BCUT2D eigenvalue weighted by Crippen LogP contribution is -2.46. The summed E-state index contributed by atoms with van der Waals surface area (Å²) in [5.74, 6) is 0.681. The first-order valence-corrected chi connectivity index (χ1v) is 9.36. The molecule has 24 heavy (non-hydrogen) atoms. The maximum Gasteiger partial charge on any atom is 0.317 e. The Morgan fingerprint density at radius 1 is 1.08 bits per heavy atom. The third kappa shape index (κ3) is 6.91. The predicted molar refractivity (Wildman–Crippen MR) is 100 cm³/mol. The number of nitrogens with zero attached hydrogens (tertiary/aromatic N) is 2. The first-order valence-electron chi connectivity index (χ1n) is 9.36. The topological polar surface area (TPSA) is 35.6 Å². The number of hydrogen-bond acceptors (Lipinski definition) is 2. The number of carbonyl (C=O) groups is 1. The maximum absolute atomic E-state index is 12.6. The monoisotopic (exact) mass is 331 g/mol. The van der Waals surface area contributed by atoms with Gasteiger partial charge in [-0.2, -0.15) is 0 Å².